The molecule has 28 heavy (non-hydrogen) atoms. The fraction of sp³-hybridized carbons (Fsp3) is 0.200. The first kappa shape index (κ1) is 20.2. The number of carbonyl (C=O) groups is 1. The van der Waals surface area contributed by atoms with Crippen LogP contribution in [0.4, 0.5) is 4.39 Å². The Morgan fingerprint density at radius 3 is 2.68 bits per heavy atom. The molecule has 1 aromatic heterocycles. The second kappa shape index (κ2) is 9.08. The third-order valence-corrected chi connectivity index (χ3v) is 4.61. The van der Waals surface area contributed by atoms with Gasteiger partial charge >= 0.3 is 0 Å². The second-order valence-corrected chi connectivity index (χ2v) is 6.89. The van der Waals surface area contributed by atoms with Gasteiger partial charge in [0.25, 0.3) is 5.91 Å². The van der Waals surface area contributed by atoms with Gasteiger partial charge < -0.3 is 10.1 Å². The van der Waals surface area contributed by atoms with Gasteiger partial charge in [-0.3, -0.25) is 4.79 Å². The van der Waals surface area contributed by atoms with E-state index in [-0.39, 0.29) is 23.5 Å². The van der Waals surface area contributed by atoms with E-state index in [9.17, 15) is 9.18 Å². The van der Waals surface area contributed by atoms with Gasteiger partial charge in [-0.1, -0.05) is 41.4 Å². The number of nitrogens with one attached hydrogen (secondary N) is 1. The highest BCUT2D eigenvalue weighted by Crippen LogP contribution is 2.21. The fourth-order valence-electron chi connectivity index (χ4n) is 2.66. The van der Waals surface area contributed by atoms with Crippen LogP contribution in [0.1, 0.15) is 21.6 Å². The average molecular weight is 422 g/mol. The van der Waals surface area contributed by atoms with Crippen molar-refractivity contribution in [2.75, 3.05) is 13.2 Å². The van der Waals surface area contributed by atoms with Gasteiger partial charge in [0.05, 0.1) is 24.3 Å². The predicted octanol–water partition coefficient (Wildman–Crippen LogP) is 4.49. The summed E-state index contributed by atoms with van der Waals surface area (Å²) in [4.78, 5) is 12.5. The molecule has 3 aromatic rings. The Bertz CT molecular complexity index is 974. The zero-order valence-corrected chi connectivity index (χ0v) is 16.6. The lowest BCUT2D eigenvalue weighted by atomic mass is 10.2. The van der Waals surface area contributed by atoms with Crippen LogP contribution in [-0.2, 0) is 6.54 Å². The summed E-state index contributed by atoms with van der Waals surface area (Å²) in [6, 6.07) is 13.1. The van der Waals surface area contributed by atoms with E-state index in [2.05, 4.69) is 10.4 Å². The standard InChI is InChI=1S/C20H18Cl2FN3O2/c1-13-18(19(22)26(25-13)12-14-5-7-16(23)8-6-14)20(27)24-9-10-28-17-4-2-3-15(21)11-17/h2-8,11H,9-10,12H2,1H3,(H,24,27). The fourth-order valence-corrected chi connectivity index (χ4v) is 3.16. The van der Waals surface area contributed by atoms with E-state index in [0.717, 1.165) is 5.56 Å². The molecular weight excluding hydrogens is 404 g/mol. The Balaban J connectivity index is 1.59. The maximum Gasteiger partial charge on any atom is 0.256 e. The van der Waals surface area contributed by atoms with Crippen molar-refractivity contribution in [2.45, 2.75) is 13.5 Å². The monoisotopic (exact) mass is 421 g/mol. The molecule has 0 unspecified atom stereocenters. The Labute approximate surface area is 172 Å². The van der Waals surface area contributed by atoms with Crippen molar-refractivity contribution in [3.8, 4) is 5.75 Å². The summed E-state index contributed by atoms with van der Waals surface area (Å²) >= 11 is 12.3. The molecule has 0 saturated carbocycles. The molecule has 8 heteroatoms. The summed E-state index contributed by atoms with van der Waals surface area (Å²) in [6.45, 7) is 2.63. The molecule has 1 amide bonds. The molecule has 0 aliphatic carbocycles. The minimum Gasteiger partial charge on any atom is -0.492 e. The van der Waals surface area contributed by atoms with Gasteiger partial charge in [0, 0.05) is 5.02 Å². The number of amides is 1. The zero-order valence-electron chi connectivity index (χ0n) is 15.1. The van der Waals surface area contributed by atoms with Crippen LogP contribution in [0.3, 0.4) is 0 Å². The first-order valence-corrected chi connectivity index (χ1v) is 9.33. The van der Waals surface area contributed by atoms with Crippen LogP contribution < -0.4 is 10.1 Å². The third-order valence-electron chi connectivity index (χ3n) is 3.99. The van der Waals surface area contributed by atoms with E-state index in [1.165, 1.54) is 16.8 Å². The van der Waals surface area contributed by atoms with Gasteiger partial charge in [0.15, 0.2) is 0 Å². The first-order valence-electron chi connectivity index (χ1n) is 8.58. The highest BCUT2D eigenvalue weighted by atomic mass is 35.5. The highest BCUT2D eigenvalue weighted by molar-refractivity contribution is 6.33. The van der Waals surface area contributed by atoms with E-state index in [1.54, 1.807) is 43.3 Å². The van der Waals surface area contributed by atoms with Crippen LogP contribution in [-0.4, -0.2) is 28.8 Å². The second-order valence-electron chi connectivity index (χ2n) is 6.10. The Morgan fingerprint density at radius 2 is 1.96 bits per heavy atom. The van der Waals surface area contributed by atoms with Crippen molar-refractivity contribution in [2.24, 2.45) is 0 Å². The van der Waals surface area contributed by atoms with Crippen molar-refractivity contribution in [1.82, 2.24) is 15.1 Å². The van der Waals surface area contributed by atoms with Gasteiger partial charge in [0.2, 0.25) is 0 Å². The van der Waals surface area contributed by atoms with E-state index in [4.69, 9.17) is 27.9 Å². The number of halogens is 3. The summed E-state index contributed by atoms with van der Waals surface area (Å²) < 4.78 is 20.1. The van der Waals surface area contributed by atoms with Crippen LogP contribution in [0.2, 0.25) is 10.2 Å². The number of benzene rings is 2. The molecule has 146 valence electrons. The highest BCUT2D eigenvalue weighted by Gasteiger charge is 2.20. The number of aryl methyl sites for hydroxylation is 1. The summed E-state index contributed by atoms with van der Waals surface area (Å²) in [6.07, 6.45) is 0. The van der Waals surface area contributed by atoms with Crippen LogP contribution in [0.15, 0.2) is 48.5 Å². The number of carbonyl (C=O) groups excluding carboxylic acids is 1. The number of aromatic nitrogens is 2. The van der Waals surface area contributed by atoms with Gasteiger partial charge in [-0.25, -0.2) is 9.07 Å². The Kier molecular flexibility index (Phi) is 6.54. The van der Waals surface area contributed by atoms with Gasteiger partial charge in [-0.15, -0.1) is 0 Å². The minimum atomic E-state index is -0.331. The SMILES string of the molecule is Cc1nn(Cc2ccc(F)cc2)c(Cl)c1C(=O)NCCOc1cccc(Cl)c1. The Hall–Kier alpha value is -2.57. The minimum absolute atomic E-state index is 0.232. The van der Waals surface area contributed by atoms with Crippen molar-refractivity contribution >= 4 is 29.1 Å². The average Bonchev–Trinajstić information content (AvgIpc) is 2.94. The Morgan fingerprint density at radius 1 is 1.21 bits per heavy atom. The van der Waals surface area contributed by atoms with Crippen molar-refractivity contribution in [3.05, 3.63) is 81.3 Å². The summed E-state index contributed by atoms with van der Waals surface area (Å²) in [5, 5.41) is 7.90. The molecule has 0 saturated heterocycles. The maximum atomic E-state index is 13.0. The number of nitrogens with zero attached hydrogens (tertiary/aromatic N) is 2. The molecule has 1 N–H and O–H groups in total. The molecule has 0 fully saturated rings. The lowest BCUT2D eigenvalue weighted by molar-refractivity contribution is 0.0946. The lowest BCUT2D eigenvalue weighted by Gasteiger charge is -2.08. The van der Waals surface area contributed by atoms with Gasteiger partial charge in [0.1, 0.15) is 23.3 Å². The quantitative estimate of drug-likeness (QED) is 0.571. The molecule has 2 aromatic carbocycles. The largest absolute Gasteiger partial charge is 0.492 e. The number of hydrogen-bond donors (Lipinski definition) is 1. The summed E-state index contributed by atoms with van der Waals surface area (Å²) in [7, 11) is 0. The smallest absolute Gasteiger partial charge is 0.256 e. The van der Waals surface area contributed by atoms with Crippen LogP contribution in [0, 0.1) is 12.7 Å². The normalized spacial score (nSPS) is 10.7. The lowest BCUT2D eigenvalue weighted by Crippen LogP contribution is -2.28. The number of hydrogen-bond acceptors (Lipinski definition) is 3. The predicted molar refractivity (Wildman–Crippen MR) is 107 cm³/mol. The van der Waals surface area contributed by atoms with Crippen LogP contribution in [0.25, 0.3) is 0 Å². The number of ether oxygens (including phenoxy) is 1. The molecule has 0 radical (unpaired) electrons. The van der Waals surface area contributed by atoms with E-state index >= 15 is 0 Å². The van der Waals surface area contributed by atoms with E-state index in [1.807, 2.05) is 0 Å². The van der Waals surface area contributed by atoms with Crippen molar-refractivity contribution in [3.63, 3.8) is 0 Å². The van der Waals surface area contributed by atoms with Crippen LogP contribution in [0.5, 0.6) is 5.75 Å². The maximum absolute atomic E-state index is 13.0. The number of rotatable bonds is 7. The molecule has 3 rings (SSSR count). The zero-order chi connectivity index (χ0) is 20.1. The topological polar surface area (TPSA) is 56.2 Å². The summed E-state index contributed by atoms with van der Waals surface area (Å²) in [5.41, 5.74) is 1.65. The van der Waals surface area contributed by atoms with Gasteiger partial charge in [-0.2, -0.15) is 5.10 Å². The molecule has 0 bridgehead atoms. The molecule has 0 atom stereocenters. The van der Waals surface area contributed by atoms with E-state index in [0.29, 0.717) is 35.1 Å². The molecular formula is C20H18Cl2FN3O2. The molecule has 0 spiro atoms. The molecule has 1 heterocycles. The van der Waals surface area contributed by atoms with E-state index < -0.39 is 0 Å². The van der Waals surface area contributed by atoms with Gasteiger partial charge in [-0.05, 0) is 42.8 Å². The van der Waals surface area contributed by atoms with Crippen molar-refractivity contribution in [1.29, 1.82) is 0 Å². The molecule has 0 aliphatic rings. The molecule has 5 nitrogen and oxygen atoms in total. The first-order chi connectivity index (χ1) is 13.4. The molecule has 0 aliphatic heterocycles. The third kappa shape index (κ3) is 5.03. The van der Waals surface area contributed by atoms with Crippen LogP contribution >= 0.6 is 23.2 Å². The van der Waals surface area contributed by atoms with Crippen molar-refractivity contribution < 1.29 is 13.9 Å². The summed E-state index contributed by atoms with van der Waals surface area (Å²) in [5.74, 6) is -0.0165.